The molecule has 0 atom stereocenters. The number of hydrogen-bond acceptors (Lipinski definition) is 4. The Morgan fingerprint density at radius 1 is 0.933 bits per heavy atom. The number of nitrogens with one attached hydrogen (secondary N) is 1. The van der Waals surface area contributed by atoms with E-state index in [0.29, 0.717) is 26.3 Å². The molecule has 1 saturated heterocycles. The van der Waals surface area contributed by atoms with Crippen molar-refractivity contribution < 1.29 is 17.9 Å². The minimum absolute atomic E-state index is 0.238. The van der Waals surface area contributed by atoms with Gasteiger partial charge in [-0.15, -0.1) is 0 Å². The molecular formula is C23H22N2O4S. The maximum Gasteiger partial charge on any atom is 0.248 e. The quantitative estimate of drug-likeness (QED) is 0.639. The van der Waals surface area contributed by atoms with Gasteiger partial charge in [-0.1, -0.05) is 42.5 Å². The van der Waals surface area contributed by atoms with E-state index >= 15 is 0 Å². The van der Waals surface area contributed by atoms with Crippen LogP contribution in [0.1, 0.15) is 5.56 Å². The SMILES string of the molecule is O=C(/C=C/c1ccc(S(=O)(=O)N2CCOCC2)cc1)Nc1ccc2ccccc2c1. The molecule has 1 fully saturated rings. The molecule has 0 bridgehead atoms. The molecule has 154 valence electrons. The highest BCUT2D eigenvalue weighted by Gasteiger charge is 2.25. The largest absolute Gasteiger partial charge is 0.379 e. The molecule has 1 N–H and O–H groups in total. The van der Waals surface area contributed by atoms with Crippen molar-refractivity contribution >= 4 is 38.5 Å². The van der Waals surface area contributed by atoms with Crippen LogP contribution in [0, 0.1) is 0 Å². The lowest BCUT2D eigenvalue weighted by molar-refractivity contribution is -0.111. The molecule has 0 spiro atoms. The molecule has 30 heavy (non-hydrogen) atoms. The van der Waals surface area contributed by atoms with E-state index in [1.165, 1.54) is 10.4 Å². The average Bonchev–Trinajstić information content (AvgIpc) is 2.78. The standard InChI is InChI=1S/C23H22N2O4S/c26-23(24-21-9-8-19-3-1-2-4-20(19)17-21)12-7-18-5-10-22(11-6-18)30(27,28)25-13-15-29-16-14-25/h1-12,17H,13-16H2,(H,24,26)/b12-7+. The van der Waals surface area contributed by atoms with Gasteiger partial charge in [0.25, 0.3) is 0 Å². The van der Waals surface area contributed by atoms with Crippen LogP contribution in [0.2, 0.25) is 0 Å². The highest BCUT2D eigenvalue weighted by molar-refractivity contribution is 7.89. The summed E-state index contributed by atoms with van der Waals surface area (Å²) in [5.41, 5.74) is 1.46. The highest BCUT2D eigenvalue weighted by Crippen LogP contribution is 2.20. The van der Waals surface area contributed by atoms with E-state index in [0.717, 1.165) is 22.0 Å². The third kappa shape index (κ3) is 4.59. The maximum absolute atomic E-state index is 12.6. The monoisotopic (exact) mass is 422 g/mol. The Labute approximate surface area is 175 Å². The average molecular weight is 423 g/mol. The summed E-state index contributed by atoms with van der Waals surface area (Å²) in [6.07, 6.45) is 3.09. The van der Waals surface area contributed by atoms with Crippen LogP contribution in [0.15, 0.2) is 77.7 Å². The van der Waals surface area contributed by atoms with Crippen molar-refractivity contribution in [1.29, 1.82) is 0 Å². The summed E-state index contributed by atoms with van der Waals surface area (Å²) in [4.78, 5) is 12.5. The number of hydrogen-bond donors (Lipinski definition) is 1. The van der Waals surface area contributed by atoms with Crippen molar-refractivity contribution in [3.63, 3.8) is 0 Å². The van der Waals surface area contributed by atoms with Gasteiger partial charge in [0.05, 0.1) is 18.1 Å². The lowest BCUT2D eigenvalue weighted by Crippen LogP contribution is -2.40. The summed E-state index contributed by atoms with van der Waals surface area (Å²) in [6, 6.07) is 20.2. The molecule has 1 heterocycles. The summed E-state index contributed by atoms with van der Waals surface area (Å²) < 4.78 is 31.9. The van der Waals surface area contributed by atoms with Gasteiger partial charge in [0.15, 0.2) is 0 Å². The third-order valence-corrected chi connectivity index (χ3v) is 6.84. The number of rotatable bonds is 5. The van der Waals surface area contributed by atoms with Crippen LogP contribution >= 0.6 is 0 Å². The molecular weight excluding hydrogens is 400 g/mol. The summed E-state index contributed by atoms with van der Waals surface area (Å²) in [7, 11) is -3.52. The first-order valence-corrected chi connectivity index (χ1v) is 11.1. The van der Waals surface area contributed by atoms with Gasteiger partial charge in [-0.3, -0.25) is 4.79 Å². The van der Waals surface area contributed by atoms with Crippen LogP contribution in [0.25, 0.3) is 16.8 Å². The molecule has 0 aliphatic carbocycles. The smallest absolute Gasteiger partial charge is 0.248 e. The van der Waals surface area contributed by atoms with Crippen LogP contribution in [0.5, 0.6) is 0 Å². The van der Waals surface area contributed by atoms with Gasteiger partial charge in [0.2, 0.25) is 15.9 Å². The molecule has 7 heteroatoms. The van der Waals surface area contributed by atoms with E-state index in [9.17, 15) is 13.2 Å². The number of carbonyl (C=O) groups is 1. The Kier molecular flexibility index (Phi) is 5.94. The number of ether oxygens (including phenoxy) is 1. The fourth-order valence-corrected chi connectivity index (χ4v) is 4.72. The predicted octanol–water partition coefficient (Wildman–Crippen LogP) is 3.51. The molecule has 1 aliphatic rings. The molecule has 0 aromatic heterocycles. The normalized spacial score (nSPS) is 15.5. The Morgan fingerprint density at radius 3 is 2.37 bits per heavy atom. The predicted molar refractivity (Wildman–Crippen MR) is 118 cm³/mol. The van der Waals surface area contributed by atoms with E-state index in [1.807, 2.05) is 42.5 Å². The van der Waals surface area contributed by atoms with Gasteiger partial charge in [0, 0.05) is 24.9 Å². The summed E-state index contributed by atoms with van der Waals surface area (Å²) in [5, 5.41) is 5.00. The van der Waals surface area contributed by atoms with Gasteiger partial charge < -0.3 is 10.1 Å². The zero-order chi connectivity index (χ0) is 21.0. The van der Waals surface area contributed by atoms with Crippen LogP contribution in [0.4, 0.5) is 5.69 Å². The molecule has 0 unspecified atom stereocenters. The van der Waals surface area contributed by atoms with Crippen LogP contribution < -0.4 is 5.32 Å². The Bertz CT molecular complexity index is 1180. The van der Waals surface area contributed by atoms with Crippen LogP contribution in [-0.4, -0.2) is 44.9 Å². The van der Waals surface area contributed by atoms with E-state index in [2.05, 4.69) is 5.32 Å². The van der Waals surface area contributed by atoms with Gasteiger partial charge >= 0.3 is 0 Å². The number of benzene rings is 3. The zero-order valence-corrected chi connectivity index (χ0v) is 17.1. The first kappa shape index (κ1) is 20.3. The van der Waals surface area contributed by atoms with Crippen molar-refractivity contribution in [3.05, 3.63) is 78.4 Å². The number of morpholine rings is 1. The molecule has 1 amide bonds. The zero-order valence-electron chi connectivity index (χ0n) is 16.3. The number of carbonyl (C=O) groups excluding carboxylic acids is 1. The minimum atomic E-state index is -3.52. The lowest BCUT2D eigenvalue weighted by atomic mass is 10.1. The molecule has 1 aliphatic heterocycles. The lowest BCUT2D eigenvalue weighted by Gasteiger charge is -2.26. The second-order valence-electron chi connectivity index (χ2n) is 6.97. The molecule has 6 nitrogen and oxygen atoms in total. The van der Waals surface area contributed by atoms with Gasteiger partial charge in [-0.2, -0.15) is 4.31 Å². The third-order valence-electron chi connectivity index (χ3n) is 4.93. The van der Waals surface area contributed by atoms with Crippen molar-refractivity contribution in [2.45, 2.75) is 4.90 Å². The summed E-state index contributed by atoms with van der Waals surface area (Å²) in [5.74, 6) is -0.254. The van der Waals surface area contributed by atoms with Crippen molar-refractivity contribution in [3.8, 4) is 0 Å². The van der Waals surface area contributed by atoms with E-state index in [4.69, 9.17) is 4.74 Å². The van der Waals surface area contributed by atoms with Crippen molar-refractivity contribution in [1.82, 2.24) is 4.31 Å². The topological polar surface area (TPSA) is 75.7 Å². The van der Waals surface area contributed by atoms with E-state index in [-0.39, 0.29) is 10.8 Å². The van der Waals surface area contributed by atoms with E-state index < -0.39 is 10.0 Å². The molecule has 0 saturated carbocycles. The number of amides is 1. The highest BCUT2D eigenvalue weighted by atomic mass is 32.2. The van der Waals surface area contributed by atoms with Gasteiger partial charge in [-0.05, 0) is 46.7 Å². The first-order chi connectivity index (χ1) is 14.5. The molecule has 3 aromatic carbocycles. The fraction of sp³-hybridized carbons (Fsp3) is 0.174. The summed E-state index contributed by atoms with van der Waals surface area (Å²) >= 11 is 0. The fourth-order valence-electron chi connectivity index (χ4n) is 3.31. The number of fused-ring (bicyclic) bond motifs is 1. The Hall–Kier alpha value is -3.00. The molecule has 3 aromatic rings. The van der Waals surface area contributed by atoms with Gasteiger partial charge in [-0.25, -0.2) is 8.42 Å². The van der Waals surface area contributed by atoms with Gasteiger partial charge in [0.1, 0.15) is 0 Å². The van der Waals surface area contributed by atoms with Crippen molar-refractivity contribution in [2.75, 3.05) is 31.6 Å². The number of nitrogens with zero attached hydrogens (tertiary/aromatic N) is 1. The van der Waals surface area contributed by atoms with E-state index in [1.54, 1.807) is 30.3 Å². The van der Waals surface area contributed by atoms with Crippen LogP contribution in [0.3, 0.4) is 0 Å². The second kappa shape index (κ2) is 8.79. The second-order valence-corrected chi connectivity index (χ2v) is 8.91. The first-order valence-electron chi connectivity index (χ1n) is 9.68. The maximum atomic E-state index is 12.6. The number of anilines is 1. The number of sulfonamides is 1. The Balaban J connectivity index is 1.41. The van der Waals surface area contributed by atoms with Crippen molar-refractivity contribution in [2.24, 2.45) is 0 Å². The summed E-state index contributed by atoms with van der Waals surface area (Å²) in [6.45, 7) is 1.54. The molecule has 0 radical (unpaired) electrons. The minimum Gasteiger partial charge on any atom is -0.379 e. The Morgan fingerprint density at radius 2 is 1.63 bits per heavy atom. The van der Waals surface area contributed by atoms with Crippen LogP contribution in [-0.2, 0) is 19.6 Å². The molecule has 4 rings (SSSR count).